The average molecular weight is 488 g/mol. The summed E-state index contributed by atoms with van der Waals surface area (Å²) in [5.74, 6) is 0.718. The van der Waals surface area contributed by atoms with E-state index in [-0.39, 0.29) is 29.5 Å². The van der Waals surface area contributed by atoms with Gasteiger partial charge in [-0.1, -0.05) is 12.1 Å². The Morgan fingerprint density at radius 2 is 1.97 bits per heavy atom. The van der Waals surface area contributed by atoms with Gasteiger partial charge in [-0.15, -0.1) is 0 Å². The highest BCUT2D eigenvalue weighted by Crippen LogP contribution is 2.27. The maximum Gasteiger partial charge on any atom is 0.293 e. The van der Waals surface area contributed by atoms with Crippen LogP contribution in [0.15, 0.2) is 47.4 Å². The quantitative estimate of drug-likeness (QED) is 0.334. The molecule has 1 aliphatic rings. The molecule has 0 spiro atoms. The molecule has 4 N–H and O–H groups in total. The lowest BCUT2D eigenvalue weighted by Crippen LogP contribution is -2.36. The first kappa shape index (κ1) is 23.4. The molecule has 4 rings (SSSR count). The van der Waals surface area contributed by atoms with Crippen molar-refractivity contribution < 1.29 is 18.1 Å². The number of hydrogen-bond donors (Lipinski definition) is 3. The molecule has 1 aliphatic heterocycles. The van der Waals surface area contributed by atoms with Gasteiger partial charge in [0.15, 0.2) is 0 Å². The molecule has 1 aromatic heterocycles. The second-order valence-electron chi connectivity index (χ2n) is 7.96. The van der Waals surface area contributed by atoms with E-state index in [2.05, 4.69) is 20.2 Å². The van der Waals surface area contributed by atoms with E-state index in [0.717, 1.165) is 36.0 Å². The number of primary sulfonamides is 1. The first-order chi connectivity index (χ1) is 16.2. The Morgan fingerprint density at radius 1 is 1.18 bits per heavy atom. The van der Waals surface area contributed by atoms with E-state index in [0.29, 0.717) is 19.6 Å². The molecule has 2 heterocycles. The molecule has 1 saturated heterocycles. The number of H-pyrrole nitrogens is 1. The SMILES string of the molecule is NS(=O)(=O)c1ccc(NCCC(=O)N2CCCN(c3nc4ccccc4[nH]3)CC2)c([N+](=O)[O-])c1. The summed E-state index contributed by atoms with van der Waals surface area (Å²) in [6.45, 7) is 2.72. The Balaban J connectivity index is 1.33. The van der Waals surface area contributed by atoms with Crippen LogP contribution in [0.1, 0.15) is 12.8 Å². The number of aromatic amines is 1. The number of nitro benzene ring substituents is 1. The zero-order valence-electron chi connectivity index (χ0n) is 18.3. The Bertz CT molecular complexity index is 1290. The predicted molar refractivity (Wildman–Crippen MR) is 127 cm³/mol. The maximum absolute atomic E-state index is 12.7. The van der Waals surface area contributed by atoms with Crippen LogP contribution in [0.25, 0.3) is 11.0 Å². The van der Waals surface area contributed by atoms with Crippen molar-refractivity contribution in [3.8, 4) is 0 Å². The average Bonchev–Trinajstić information content (AvgIpc) is 3.07. The van der Waals surface area contributed by atoms with Crippen LogP contribution in [0.3, 0.4) is 0 Å². The highest BCUT2D eigenvalue weighted by molar-refractivity contribution is 7.89. The minimum absolute atomic E-state index is 0.0669. The van der Waals surface area contributed by atoms with Crippen molar-refractivity contribution in [3.63, 3.8) is 0 Å². The monoisotopic (exact) mass is 487 g/mol. The number of anilines is 2. The molecule has 13 heteroatoms. The molecule has 2 aromatic carbocycles. The summed E-state index contributed by atoms with van der Waals surface area (Å²) in [6, 6.07) is 11.2. The highest BCUT2D eigenvalue weighted by Gasteiger charge is 2.22. The van der Waals surface area contributed by atoms with E-state index in [1.165, 1.54) is 12.1 Å². The van der Waals surface area contributed by atoms with Gasteiger partial charge in [0.1, 0.15) is 5.69 Å². The van der Waals surface area contributed by atoms with Gasteiger partial charge in [0, 0.05) is 45.2 Å². The molecular weight excluding hydrogens is 462 g/mol. The Morgan fingerprint density at radius 3 is 2.71 bits per heavy atom. The number of amides is 1. The lowest BCUT2D eigenvalue weighted by Gasteiger charge is -2.22. The summed E-state index contributed by atoms with van der Waals surface area (Å²) in [6.07, 6.45) is 0.926. The fourth-order valence-electron chi connectivity index (χ4n) is 3.92. The van der Waals surface area contributed by atoms with Crippen LogP contribution in [0.5, 0.6) is 0 Å². The third-order valence-corrected chi connectivity index (χ3v) is 6.58. The van der Waals surface area contributed by atoms with Gasteiger partial charge in [-0.05, 0) is 30.7 Å². The first-order valence-electron chi connectivity index (χ1n) is 10.7. The van der Waals surface area contributed by atoms with Crippen molar-refractivity contribution >= 4 is 44.3 Å². The van der Waals surface area contributed by atoms with E-state index >= 15 is 0 Å². The van der Waals surface area contributed by atoms with Crippen LogP contribution in [0.4, 0.5) is 17.3 Å². The molecule has 1 fully saturated rings. The number of imidazole rings is 1. The Kier molecular flexibility index (Phi) is 6.65. The number of carbonyl (C=O) groups excluding carboxylic acids is 1. The van der Waals surface area contributed by atoms with E-state index in [9.17, 15) is 23.3 Å². The molecule has 0 atom stereocenters. The van der Waals surface area contributed by atoms with Gasteiger partial charge in [0.2, 0.25) is 21.9 Å². The maximum atomic E-state index is 12.7. The molecule has 0 aliphatic carbocycles. The second kappa shape index (κ2) is 9.65. The van der Waals surface area contributed by atoms with E-state index in [1.54, 1.807) is 4.90 Å². The van der Waals surface area contributed by atoms with E-state index in [1.807, 2.05) is 24.3 Å². The molecule has 12 nitrogen and oxygen atoms in total. The number of aromatic nitrogens is 2. The summed E-state index contributed by atoms with van der Waals surface area (Å²) in [7, 11) is -4.06. The number of rotatable bonds is 7. The zero-order valence-corrected chi connectivity index (χ0v) is 19.1. The van der Waals surface area contributed by atoms with Crippen LogP contribution in [0, 0.1) is 10.1 Å². The molecule has 0 bridgehead atoms. The summed E-state index contributed by atoms with van der Waals surface area (Å²) in [5.41, 5.74) is 1.56. The number of carbonyl (C=O) groups is 1. The van der Waals surface area contributed by atoms with Crippen molar-refractivity contribution in [2.45, 2.75) is 17.7 Å². The van der Waals surface area contributed by atoms with Crippen LogP contribution < -0.4 is 15.4 Å². The van der Waals surface area contributed by atoms with Crippen molar-refractivity contribution in [1.29, 1.82) is 0 Å². The van der Waals surface area contributed by atoms with Gasteiger partial charge in [-0.25, -0.2) is 18.5 Å². The van der Waals surface area contributed by atoms with E-state index < -0.39 is 20.6 Å². The second-order valence-corrected chi connectivity index (χ2v) is 9.52. The number of benzene rings is 2. The van der Waals surface area contributed by atoms with Crippen molar-refractivity contribution in [2.24, 2.45) is 5.14 Å². The van der Waals surface area contributed by atoms with Crippen molar-refractivity contribution in [2.75, 3.05) is 42.9 Å². The summed E-state index contributed by atoms with van der Waals surface area (Å²) >= 11 is 0. The van der Waals surface area contributed by atoms with Gasteiger partial charge in [0.25, 0.3) is 5.69 Å². The zero-order chi connectivity index (χ0) is 24.3. The Labute approximate surface area is 195 Å². The van der Waals surface area contributed by atoms with Crippen LogP contribution in [-0.4, -0.2) is 66.8 Å². The number of nitro groups is 1. The van der Waals surface area contributed by atoms with Crippen molar-refractivity contribution in [1.82, 2.24) is 14.9 Å². The van der Waals surface area contributed by atoms with Crippen LogP contribution >= 0.6 is 0 Å². The molecule has 34 heavy (non-hydrogen) atoms. The molecule has 1 amide bonds. The number of sulfonamides is 1. The lowest BCUT2D eigenvalue weighted by molar-refractivity contribution is -0.384. The minimum atomic E-state index is -4.06. The Hall–Kier alpha value is -3.71. The van der Waals surface area contributed by atoms with Gasteiger partial charge in [-0.2, -0.15) is 0 Å². The number of hydrogen-bond acceptors (Lipinski definition) is 8. The standard InChI is InChI=1S/C21H25N7O5S/c22-34(32,33)15-6-7-18(19(14-15)28(30)31)23-9-8-20(29)26-10-3-11-27(13-12-26)21-24-16-4-1-2-5-17(16)25-21/h1-2,4-7,14,23H,3,8-13H2,(H,24,25)(H2,22,32,33). The third-order valence-electron chi connectivity index (χ3n) is 5.67. The number of nitrogens with one attached hydrogen (secondary N) is 2. The smallest absolute Gasteiger partial charge is 0.293 e. The van der Waals surface area contributed by atoms with E-state index in [4.69, 9.17) is 5.14 Å². The van der Waals surface area contributed by atoms with Crippen LogP contribution in [-0.2, 0) is 14.8 Å². The van der Waals surface area contributed by atoms with Gasteiger partial charge in [0.05, 0.1) is 20.9 Å². The van der Waals surface area contributed by atoms with Gasteiger partial charge < -0.3 is 20.1 Å². The molecule has 0 unspecified atom stereocenters. The number of nitrogens with zero attached hydrogens (tertiary/aromatic N) is 4. The minimum Gasteiger partial charge on any atom is -0.379 e. The molecular formula is C21H25N7O5S. The fraction of sp³-hybridized carbons (Fsp3) is 0.333. The summed E-state index contributed by atoms with van der Waals surface area (Å²) in [4.78, 5) is 34.9. The topological polar surface area (TPSA) is 168 Å². The molecule has 3 aromatic rings. The van der Waals surface area contributed by atoms with Crippen molar-refractivity contribution in [3.05, 3.63) is 52.6 Å². The third kappa shape index (κ3) is 5.26. The highest BCUT2D eigenvalue weighted by atomic mass is 32.2. The largest absolute Gasteiger partial charge is 0.379 e. The lowest BCUT2D eigenvalue weighted by atomic mass is 10.2. The first-order valence-corrected chi connectivity index (χ1v) is 12.3. The summed E-state index contributed by atoms with van der Waals surface area (Å²) < 4.78 is 22.9. The van der Waals surface area contributed by atoms with Gasteiger partial charge >= 0.3 is 0 Å². The molecule has 180 valence electrons. The van der Waals surface area contributed by atoms with Gasteiger partial charge in [-0.3, -0.25) is 14.9 Å². The normalized spacial score (nSPS) is 14.7. The van der Waals surface area contributed by atoms with Crippen LogP contribution in [0.2, 0.25) is 0 Å². The fourth-order valence-corrected chi connectivity index (χ4v) is 4.45. The summed E-state index contributed by atoms with van der Waals surface area (Å²) in [5, 5.41) is 19.2. The number of para-hydroxylation sites is 2. The predicted octanol–water partition coefficient (Wildman–Crippen LogP) is 1.66. The number of fused-ring (bicyclic) bond motifs is 1. The number of nitrogens with two attached hydrogens (primary N) is 1. The molecule has 0 radical (unpaired) electrons. The molecule has 0 saturated carbocycles.